The van der Waals surface area contributed by atoms with Gasteiger partial charge >= 0.3 is 12.0 Å². The number of anilines is 2. The first-order valence-electron chi connectivity index (χ1n) is 10.6. The number of esters is 1. The Kier molecular flexibility index (Phi) is 7.32. The normalized spacial score (nSPS) is 10.5. The molecule has 0 aliphatic heterocycles. The van der Waals surface area contributed by atoms with Crippen molar-refractivity contribution in [3.05, 3.63) is 77.8 Å². The Morgan fingerprint density at radius 3 is 2.26 bits per heavy atom. The molecule has 1 heterocycles. The van der Waals surface area contributed by atoms with E-state index in [9.17, 15) is 9.59 Å². The highest BCUT2D eigenvalue weighted by molar-refractivity contribution is 6.30. The van der Waals surface area contributed by atoms with Gasteiger partial charge in [-0.05, 0) is 54.6 Å². The fourth-order valence-corrected chi connectivity index (χ4v) is 3.45. The molecule has 2 N–H and O–H groups in total. The molecule has 0 radical (unpaired) electrons. The molecule has 0 saturated heterocycles. The number of urea groups is 1. The number of benzene rings is 3. The van der Waals surface area contributed by atoms with E-state index in [4.69, 9.17) is 30.8 Å². The Bertz CT molecular complexity index is 1360. The monoisotopic (exact) mass is 491 g/mol. The van der Waals surface area contributed by atoms with Crippen molar-refractivity contribution in [2.75, 3.05) is 31.5 Å². The molecule has 3 aromatic carbocycles. The van der Waals surface area contributed by atoms with Crippen molar-refractivity contribution in [3.8, 4) is 22.8 Å². The van der Waals surface area contributed by atoms with Gasteiger partial charge in [0, 0.05) is 33.4 Å². The number of amides is 2. The second-order valence-corrected chi connectivity index (χ2v) is 7.85. The first-order valence-corrected chi connectivity index (χ1v) is 11.0. The van der Waals surface area contributed by atoms with Crippen LogP contribution in [-0.4, -0.2) is 37.8 Å². The number of rotatable bonds is 7. The fourth-order valence-electron chi connectivity index (χ4n) is 3.32. The Morgan fingerprint density at radius 2 is 1.57 bits per heavy atom. The van der Waals surface area contributed by atoms with E-state index in [-0.39, 0.29) is 6.61 Å². The summed E-state index contributed by atoms with van der Waals surface area (Å²) in [5, 5.41) is 6.79. The number of nitrogens with zero attached hydrogens (tertiary/aromatic N) is 1. The van der Waals surface area contributed by atoms with Crippen molar-refractivity contribution in [1.29, 1.82) is 0 Å². The lowest BCUT2D eigenvalue weighted by atomic mass is 10.1. The molecule has 0 saturated carbocycles. The highest BCUT2D eigenvalue weighted by Crippen LogP contribution is 2.32. The molecule has 0 aliphatic carbocycles. The van der Waals surface area contributed by atoms with Crippen LogP contribution in [0.3, 0.4) is 0 Å². The maximum atomic E-state index is 12.5. The molecular formula is C26H22ClN3O5. The Hall–Kier alpha value is -4.30. The topological polar surface area (TPSA) is 98.8 Å². The molecule has 8 nitrogen and oxygen atoms in total. The number of pyridine rings is 1. The summed E-state index contributed by atoms with van der Waals surface area (Å²) in [6, 6.07) is 20.8. The first kappa shape index (κ1) is 23.8. The predicted molar refractivity (Wildman–Crippen MR) is 135 cm³/mol. The average molecular weight is 492 g/mol. The number of nitrogens with one attached hydrogen (secondary N) is 2. The van der Waals surface area contributed by atoms with Crippen LogP contribution in [0.2, 0.25) is 5.02 Å². The Morgan fingerprint density at radius 1 is 0.886 bits per heavy atom. The number of fused-ring (bicyclic) bond motifs is 1. The summed E-state index contributed by atoms with van der Waals surface area (Å²) in [6.45, 7) is -0.273. The number of carbonyl (C=O) groups excluding carboxylic acids is 2. The highest BCUT2D eigenvalue weighted by atomic mass is 35.5. The second-order valence-electron chi connectivity index (χ2n) is 7.42. The van der Waals surface area contributed by atoms with Gasteiger partial charge in [0.15, 0.2) is 6.61 Å². The van der Waals surface area contributed by atoms with Gasteiger partial charge in [-0.15, -0.1) is 0 Å². The predicted octanol–water partition coefficient (Wildman–Crippen LogP) is 5.76. The molecule has 1 aromatic heterocycles. The van der Waals surface area contributed by atoms with E-state index in [1.54, 1.807) is 67.8 Å². The van der Waals surface area contributed by atoms with Gasteiger partial charge in [-0.3, -0.25) is 0 Å². The van der Waals surface area contributed by atoms with Gasteiger partial charge in [0.1, 0.15) is 11.5 Å². The molecule has 0 spiro atoms. The highest BCUT2D eigenvalue weighted by Gasteiger charge is 2.13. The lowest BCUT2D eigenvalue weighted by Gasteiger charge is -2.13. The zero-order chi connectivity index (χ0) is 24.8. The molecule has 35 heavy (non-hydrogen) atoms. The van der Waals surface area contributed by atoms with Crippen LogP contribution >= 0.6 is 11.6 Å². The third kappa shape index (κ3) is 5.99. The van der Waals surface area contributed by atoms with E-state index >= 15 is 0 Å². The average Bonchev–Trinajstić information content (AvgIpc) is 2.87. The van der Waals surface area contributed by atoms with Crippen molar-refractivity contribution in [2.45, 2.75) is 0 Å². The Balaban J connectivity index is 1.62. The fraction of sp³-hybridized carbons (Fsp3) is 0.115. The zero-order valence-electron chi connectivity index (χ0n) is 19.0. The van der Waals surface area contributed by atoms with Crippen molar-refractivity contribution in [3.63, 3.8) is 0 Å². The molecule has 0 unspecified atom stereocenters. The minimum atomic E-state index is -0.517. The number of hydrogen-bond acceptors (Lipinski definition) is 6. The van der Waals surface area contributed by atoms with E-state index in [0.717, 1.165) is 5.56 Å². The van der Waals surface area contributed by atoms with E-state index in [2.05, 4.69) is 10.6 Å². The standard InChI is InChI=1S/C26H22ClN3O5/c1-33-20-10-7-18(8-11-20)28-26(32)29-19-9-12-22-21(13-19)24(35-15-25(31)34-2)14-23(30-22)16-3-5-17(27)6-4-16/h3-14H,15H2,1-2H3,(H2,28,29,32). The molecule has 0 atom stereocenters. The van der Waals surface area contributed by atoms with Gasteiger partial charge in [-0.25, -0.2) is 14.6 Å². The van der Waals surface area contributed by atoms with Crippen LogP contribution in [0.15, 0.2) is 72.8 Å². The van der Waals surface area contributed by atoms with E-state index < -0.39 is 12.0 Å². The van der Waals surface area contributed by atoms with E-state index in [1.807, 2.05) is 12.1 Å². The molecule has 0 fully saturated rings. The van der Waals surface area contributed by atoms with Gasteiger partial charge in [-0.2, -0.15) is 0 Å². The van der Waals surface area contributed by atoms with Crippen LogP contribution in [0.25, 0.3) is 22.2 Å². The van der Waals surface area contributed by atoms with Crippen LogP contribution in [0.4, 0.5) is 16.2 Å². The number of ether oxygens (including phenoxy) is 3. The van der Waals surface area contributed by atoms with Gasteiger partial charge in [0.05, 0.1) is 25.4 Å². The van der Waals surface area contributed by atoms with E-state index in [0.29, 0.717) is 44.5 Å². The molecular weight excluding hydrogens is 470 g/mol. The summed E-state index contributed by atoms with van der Waals surface area (Å²) in [4.78, 5) is 28.9. The maximum Gasteiger partial charge on any atom is 0.343 e. The Labute approximate surface area is 206 Å². The van der Waals surface area contributed by atoms with E-state index in [1.165, 1.54) is 7.11 Å². The smallest absolute Gasteiger partial charge is 0.343 e. The minimum Gasteiger partial charge on any atom is -0.497 e. The lowest BCUT2D eigenvalue weighted by molar-refractivity contribution is -0.142. The molecule has 4 aromatic rings. The molecule has 4 rings (SSSR count). The van der Waals surface area contributed by atoms with Crippen molar-refractivity contribution in [1.82, 2.24) is 4.98 Å². The zero-order valence-corrected chi connectivity index (χ0v) is 19.8. The third-order valence-electron chi connectivity index (χ3n) is 5.09. The minimum absolute atomic E-state index is 0.273. The van der Waals surface area contributed by atoms with Gasteiger partial charge < -0.3 is 24.8 Å². The number of halogens is 1. The van der Waals surface area contributed by atoms with Gasteiger partial charge in [-0.1, -0.05) is 23.7 Å². The molecule has 9 heteroatoms. The van der Waals surface area contributed by atoms with Gasteiger partial charge in [0.2, 0.25) is 0 Å². The summed E-state index contributed by atoms with van der Waals surface area (Å²) in [5.41, 5.74) is 3.23. The summed E-state index contributed by atoms with van der Waals surface area (Å²) in [5.74, 6) is 0.594. The SMILES string of the molecule is COC(=O)COc1cc(-c2ccc(Cl)cc2)nc2ccc(NC(=O)Nc3ccc(OC)cc3)cc12. The summed E-state index contributed by atoms with van der Waals surface area (Å²) in [6.07, 6.45) is 0. The number of carbonyl (C=O) groups is 2. The molecule has 178 valence electrons. The molecule has 0 aliphatic rings. The second kappa shape index (κ2) is 10.8. The van der Waals surface area contributed by atoms with Crippen molar-refractivity contribution < 1.29 is 23.8 Å². The molecule has 0 bridgehead atoms. The quantitative estimate of drug-likeness (QED) is 0.319. The maximum absolute atomic E-state index is 12.5. The summed E-state index contributed by atoms with van der Waals surface area (Å²) >= 11 is 6.01. The summed E-state index contributed by atoms with van der Waals surface area (Å²) in [7, 11) is 2.87. The summed E-state index contributed by atoms with van der Waals surface area (Å²) < 4.78 is 15.6. The van der Waals surface area contributed by atoms with Crippen LogP contribution in [0, 0.1) is 0 Å². The number of methoxy groups -OCH3 is 2. The lowest BCUT2D eigenvalue weighted by Crippen LogP contribution is -2.19. The van der Waals surface area contributed by atoms with Crippen molar-refractivity contribution in [2.24, 2.45) is 0 Å². The van der Waals surface area contributed by atoms with Gasteiger partial charge in [0.25, 0.3) is 0 Å². The third-order valence-corrected chi connectivity index (χ3v) is 5.34. The van der Waals surface area contributed by atoms with Crippen molar-refractivity contribution >= 4 is 45.9 Å². The van der Waals surface area contributed by atoms with Crippen LogP contribution in [0.5, 0.6) is 11.5 Å². The number of aromatic nitrogens is 1. The first-order chi connectivity index (χ1) is 16.9. The largest absolute Gasteiger partial charge is 0.497 e. The molecule has 2 amide bonds. The van der Waals surface area contributed by atoms with Crippen LogP contribution < -0.4 is 20.1 Å². The van der Waals surface area contributed by atoms with Crippen LogP contribution in [0.1, 0.15) is 0 Å². The number of hydrogen-bond donors (Lipinski definition) is 2. The van der Waals surface area contributed by atoms with Crippen LogP contribution in [-0.2, 0) is 9.53 Å².